The first-order valence-electron chi connectivity index (χ1n) is 4.76. The van der Waals surface area contributed by atoms with Gasteiger partial charge >= 0.3 is 0 Å². The summed E-state index contributed by atoms with van der Waals surface area (Å²) >= 11 is 0. The predicted octanol–water partition coefficient (Wildman–Crippen LogP) is 2.66. The molecule has 1 saturated heterocycles. The topological polar surface area (TPSA) is 33.0 Å². The Kier molecular flexibility index (Phi) is 2.05. The average Bonchev–Trinajstić information content (AvgIpc) is 2.17. The first-order chi connectivity index (χ1) is 6.65. The van der Waals surface area contributed by atoms with Crippen molar-refractivity contribution in [2.24, 2.45) is 5.41 Å². The lowest BCUT2D eigenvalue weighted by molar-refractivity contribution is -0.172. The van der Waals surface area contributed by atoms with Crippen molar-refractivity contribution in [2.75, 3.05) is 6.61 Å². The zero-order valence-corrected chi connectivity index (χ0v) is 8.45. The summed E-state index contributed by atoms with van der Waals surface area (Å²) < 4.78 is 5.52. The fraction of sp³-hybridized carbons (Fsp3) is 0.417. The van der Waals surface area contributed by atoms with E-state index < -0.39 is 0 Å². The van der Waals surface area contributed by atoms with Crippen molar-refractivity contribution in [3.05, 3.63) is 35.4 Å². The van der Waals surface area contributed by atoms with Gasteiger partial charge < -0.3 is 4.74 Å². The van der Waals surface area contributed by atoms with Crippen LogP contribution >= 0.6 is 0 Å². The maximum atomic E-state index is 8.95. The van der Waals surface area contributed by atoms with Crippen LogP contribution in [0.15, 0.2) is 24.3 Å². The minimum absolute atomic E-state index is 0.0818. The van der Waals surface area contributed by atoms with Crippen LogP contribution in [0.5, 0.6) is 0 Å². The maximum absolute atomic E-state index is 8.95. The second-order valence-electron chi connectivity index (χ2n) is 4.38. The van der Waals surface area contributed by atoms with Gasteiger partial charge in [-0.3, -0.25) is 0 Å². The molecule has 14 heavy (non-hydrogen) atoms. The van der Waals surface area contributed by atoms with Crippen molar-refractivity contribution in [1.82, 2.24) is 0 Å². The monoisotopic (exact) mass is 187 g/mol. The molecule has 1 heterocycles. The molecule has 0 aromatic heterocycles. The Hall–Kier alpha value is -1.33. The Morgan fingerprint density at radius 2 is 2.14 bits per heavy atom. The zero-order chi connectivity index (χ0) is 10.2. The third kappa shape index (κ3) is 1.30. The van der Waals surface area contributed by atoms with E-state index in [0.717, 1.165) is 17.7 Å². The van der Waals surface area contributed by atoms with E-state index >= 15 is 0 Å². The van der Waals surface area contributed by atoms with Gasteiger partial charge in [0.1, 0.15) is 0 Å². The molecule has 72 valence electrons. The van der Waals surface area contributed by atoms with E-state index in [0.29, 0.717) is 0 Å². The summed E-state index contributed by atoms with van der Waals surface area (Å²) in [6.45, 7) is 5.10. The SMILES string of the molecule is CC1(C)COC1c1ccccc1C#N. The molecule has 1 fully saturated rings. The summed E-state index contributed by atoms with van der Waals surface area (Å²) in [4.78, 5) is 0. The number of hydrogen-bond donors (Lipinski definition) is 0. The molecule has 1 aromatic rings. The number of ether oxygens (including phenoxy) is 1. The summed E-state index contributed by atoms with van der Waals surface area (Å²) in [7, 11) is 0. The number of benzene rings is 1. The van der Waals surface area contributed by atoms with Crippen LogP contribution < -0.4 is 0 Å². The van der Waals surface area contributed by atoms with E-state index in [2.05, 4.69) is 19.9 Å². The van der Waals surface area contributed by atoms with Gasteiger partial charge in [-0.1, -0.05) is 32.0 Å². The Morgan fingerprint density at radius 3 is 2.64 bits per heavy atom. The molecule has 2 rings (SSSR count). The fourth-order valence-electron chi connectivity index (χ4n) is 1.84. The van der Waals surface area contributed by atoms with E-state index in [9.17, 15) is 0 Å². The Bertz CT molecular complexity index is 390. The van der Waals surface area contributed by atoms with E-state index in [4.69, 9.17) is 10.00 Å². The highest BCUT2D eigenvalue weighted by atomic mass is 16.5. The maximum Gasteiger partial charge on any atom is 0.0995 e. The number of nitrogens with zero attached hydrogens (tertiary/aromatic N) is 1. The van der Waals surface area contributed by atoms with E-state index in [1.165, 1.54) is 0 Å². The molecule has 0 radical (unpaired) electrons. The molecule has 2 nitrogen and oxygen atoms in total. The van der Waals surface area contributed by atoms with Crippen LogP contribution in [0, 0.1) is 16.7 Å². The zero-order valence-electron chi connectivity index (χ0n) is 8.45. The first kappa shape index (κ1) is 9.23. The highest BCUT2D eigenvalue weighted by Crippen LogP contribution is 2.46. The van der Waals surface area contributed by atoms with E-state index in [1.807, 2.05) is 24.3 Å². The molecular weight excluding hydrogens is 174 g/mol. The van der Waals surface area contributed by atoms with Gasteiger partial charge in [-0.2, -0.15) is 5.26 Å². The van der Waals surface area contributed by atoms with Gasteiger partial charge in [-0.05, 0) is 11.6 Å². The Labute approximate surface area is 84.1 Å². The molecule has 0 aliphatic carbocycles. The molecule has 0 N–H and O–H groups in total. The van der Waals surface area contributed by atoms with Gasteiger partial charge in [0.25, 0.3) is 0 Å². The van der Waals surface area contributed by atoms with Crippen molar-refractivity contribution >= 4 is 0 Å². The standard InChI is InChI=1S/C12H13NO/c1-12(2)8-14-11(12)10-6-4-3-5-9(10)7-13/h3-6,11H,8H2,1-2H3. The highest BCUT2D eigenvalue weighted by molar-refractivity contribution is 5.40. The largest absolute Gasteiger partial charge is 0.372 e. The highest BCUT2D eigenvalue weighted by Gasteiger charge is 2.41. The van der Waals surface area contributed by atoms with Crippen LogP contribution in [0.3, 0.4) is 0 Å². The molecule has 1 unspecified atom stereocenters. The lowest BCUT2D eigenvalue weighted by Crippen LogP contribution is -2.40. The van der Waals surface area contributed by atoms with Gasteiger partial charge in [0, 0.05) is 5.41 Å². The minimum Gasteiger partial charge on any atom is -0.372 e. The number of rotatable bonds is 1. The molecule has 1 aliphatic heterocycles. The molecule has 0 amide bonds. The van der Waals surface area contributed by atoms with Crippen LogP contribution in [0.2, 0.25) is 0 Å². The van der Waals surface area contributed by atoms with Crippen LogP contribution in [-0.2, 0) is 4.74 Å². The lowest BCUT2D eigenvalue weighted by atomic mass is 9.77. The summed E-state index contributed by atoms with van der Waals surface area (Å²) in [5.74, 6) is 0. The van der Waals surface area contributed by atoms with Crippen molar-refractivity contribution in [3.63, 3.8) is 0 Å². The quantitative estimate of drug-likeness (QED) is 0.677. The lowest BCUT2D eigenvalue weighted by Gasteiger charge is -2.44. The second kappa shape index (κ2) is 3.11. The van der Waals surface area contributed by atoms with Gasteiger partial charge in [0.05, 0.1) is 24.3 Å². The normalized spacial score (nSPS) is 23.6. The number of nitriles is 1. The first-order valence-corrected chi connectivity index (χ1v) is 4.76. The molecule has 1 atom stereocenters. The van der Waals surface area contributed by atoms with Crippen LogP contribution in [0.25, 0.3) is 0 Å². The van der Waals surface area contributed by atoms with E-state index in [1.54, 1.807) is 0 Å². The van der Waals surface area contributed by atoms with Gasteiger partial charge in [0.2, 0.25) is 0 Å². The van der Waals surface area contributed by atoms with Crippen molar-refractivity contribution in [1.29, 1.82) is 5.26 Å². The summed E-state index contributed by atoms with van der Waals surface area (Å²) in [6, 6.07) is 9.85. The fourth-order valence-corrected chi connectivity index (χ4v) is 1.84. The third-order valence-corrected chi connectivity index (χ3v) is 2.70. The van der Waals surface area contributed by atoms with Crippen molar-refractivity contribution < 1.29 is 4.74 Å². The van der Waals surface area contributed by atoms with E-state index in [-0.39, 0.29) is 11.5 Å². The van der Waals surface area contributed by atoms with Crippen molar-refractivity contribution in [3.8, 4) is 6.07 Å². The Balaban J connectivity index is 2.38. The molecular formula is C12H13NO. The van der Waals surface area contributed by atoms with Crippen LogP contribution in [0.1, 0.15) is 31.1 Å². The predicted molar refractivity (Wildman–Crippen MR) is 53.6 cm³/mol. The number of hydrogen-bond acceptors (Lipinski definition) is 2. The third-order valence-electron chi connectivity index (χ3n) is 2.70. The van der Waals surface area contributed by atoms with Crippen LogP contribution in [-0.4, -0.2) is 6.61 Å². The average molecular weight is 187 g/mol. The van der Waals surface area contributed by atoms with Crippen LogP contribution in [0.4, 0.5) is 0 Å². The van der Waals surface area contributed by atoms with Gasteiger partial charge in [-0.25, -0.2) is 0 Å². The summed E-state index contributed by atoms with van der Waals surface area (Å²) in [5, 5.41) is 8.95. The molecule has 2 heteroatoms. The molecule has 0 saturated carbocycles. The minimum atomic E-state index is 0.0818. The Morgan fingerprint density at radius 1 is 1.43 bits per heavy atom. The summed E-state index contributed by atoms with van der Waals surface area (Å²) in [6.07, 6.45) is 0.0818. The molecule has 1 aliphatic rings. The smallest absolute Gasteiger partial charge is 0.0995 e. The molecule has 0 spiro atoms. The molecule has 0 bridgehead atoms. The van der Waals surface area contributed by atoms with Crippen molar-refractivity contribution in [2.45, 2.75) is 20.0 Å². The van der Waals surface area contributed by atoms with Gasteiger partial charge in [0.15, 0.2) is 0 Å². The summed E-state index contributed by atoms with van der Waals surface area (Å²) in [5.41, 5.74) is 1.91. The second-order valence-corrected chi connectivity index (χ2v) is 4.38. The van der Waals surface area contributed by atoms with Gasteiger partial charge in [-0.15, -0.1) is 0 Å². The molecule has 1 aromatic carbocycles.